The highest BCUT2D eigenvalue weighted by Gasteiger charge is 2.15. The number of carbonyl (C=O) groups excluding carboxylic acids is 1. The van der Waals surface area contributed by atoms with Gasteiger partial charge in [-0.25, -0.2) is 0 Å². The number of nitrogens with one attached hydrogen (secondary N) is 1. The molecule has 0 aromatic carbocycles. The molecule has 0 aliphatic carbocycles. The number of unbranched alkanes of at least 4 members (excludes halogenated alkanes) is 1. The largest absolute Gasteiger partial charge is 0.351 e. The van der Waals surface area contributed by atoms with Crippen LogP contribution in [0.3, 0.4) is 0 Å². The molecular formula is C12H22N2O. The molecule has 0 aromatic heterocycles. The molecule has 0 aliphatic heterocycles. The summed E-state index contributed by atoms with van der Waals surface area (Å²) in [5, 5.41) is 2.87. The van der Waals surface area contributed by atoms with Gasteiger partial charge in [0.1, 0.15) is 0 Å². The van der Waals surface area contributed by atoms with Crippen molar-refractivity contribution in [3.05, 3.63) is 0 Å². The number of carbonyl (C=O) groups is 1. The van der Waals surface area contributed by atoms with Gasteiger partial charge < -0.3 is 11.1 Å². The van der Waals surface area contributed by atoms with Crippen molar-refractivity contribution in [2.24, 2.45) is 5.73 Å². The van der Waals surface area contributed by atoms with Crippen molar-refractivity contribution < 1.29 is 4.79 Å². The quantitative estimate of drug-likeness (QED) is 0.624. The van der Waals surface area contributed by atoms with Crippen LogP contribution >= 0.6 is 0 Å². The molecule has 0 heterocycles. The number of hydrogen-bond acceptors (Lipinski definition) is 2. The van der Waals surface area contributed by atoms with Crippen molar-refractivity contribution in [3.8, 4) is 12.3 Å². The molecule has 0 spiro atoms. The topological polar surface area (TPSA) is 55.1 Å². The summed E-state index contributed by atoms with van der Waals surface area (Å²) in [6.07, 6.45) is 9.41. The first-order valence-electron chi connectivity index (χ1n) is 5.65. The molecule has 0 bridgehead atoms. The van der Waals surface area contributed by atoms with Gasteiger partial charge in [0, 0.05) is 12.5 Å². The van der Waals surface area contributed by atoms with Gasteiger partial charge in [-0.1, -0.05) is 26.7 Å². The molecule has 2 atom stereocenters. The Morgan fingerprint density at radius 1 is 1.53 bits per heavy atom. The Hall–Kier alpha value is -1.01. The van der Waals surface area contributed by atoms with E-state index in [0.29, 0.717) is 6.42 Å². The molecule has 0 radical (unpaired) electrons. The summed E-state index contributed by atoms with van der Waals surface area (Å²) in [6.45, 7) is 4.08. The Morgan fingerprint density at radius 2 is 2.20 bits per heavy atom. The van der Waals surface area contributed by atoms with E-state index in [1.807, 2.05) is 6.92 Å². The van der Waals surface area contributed by atoms with Crippen LogP contribution in [0.2, 0.25) is 0 Å². The van der Waals surface area contributed by atoms with Gasteiger partial charge in [0.2, 0.25) is 5.91 Å². The summed E-state index contributed by atoms with van der Waals surface area (Å²) in [5.74, 6) is 2.47. The molecule has 3 nitrogen and oxygen atoms in total. The van der Waals surface area contributed by atoms with Crippen molar-refractivity contribution in [3.63, 3.8) is 0 Å². The van der Waals surface area contributed by atoms with Crippen molar-refractivity contribution >= 4 is 5.91 Å². The lowest BCUT2D eigenvalue weighted by atomic mass is 10.1. The maximum absolute atomic E-state index is 11.6. The first-order valence-corrected chi connectivity index (χ1v) is 5.65. The Kier molecular flexibility index (Phi) is 7.75. The zero-order valence-electron chi connectivity index (χ0n) is 9.75. The van der Waals surface area contributed by atoms with E-state index in [1.54, 1.807) is 0 Å². The smallest absolute Gasteiger partial charge is 0.237 e. The molecule has 0 rings (SSSR count). The molecule has 1 amide bonds. The van der Waals surface area contributed by atoms with Gasteiger partial charge in [0.05, 0.1) is 6.04 Å². The van der Waals surface area contributed by atoms with Crippen molar-refractivity contribution in [2.75, 3.05) is 0 Å². The lowest BCUT2D eigenvalue weighted by Gasteiger charge is -2.17. The first-order chi connectivity index (χ1) is 7.15. The molecule has 0 aromatic rings. The van der Waals surface area contributed by atoms with Crippen LogP contribution in [0.4, 0.5) is 0 Å². The Bertz CT molecular complexity index is 220. The van der Waals surface area contributed by atoms with Gasteiger partial charge in [0.15, 0.2) is 0 Å². The van der Waals surface area contributed by atoms with Crippen LogP contribution < -0.4 is 11.1 Å². The SMILES string of the molecule is C#CCC(CC)NC(=O)C(N)CCCC. The standard InChI is InChI=1S/C12H22N2O/c1-4-7-9-11(13)12(15)14-10(6-3)8-5-2/h2,10-11H,4,6-9,13H2,1,3H3,(H,14,15). The monoisotopic (exact) mass is 210 g/mol. The van der Waals surface area contributed by atoms with Gasteiger partial charge in [-0.2, -0.15) is 0 Å². The summed E-state index contributed by atoms with van der Waals surface area (Å²) in [7, 11) is 0. The summed E-state index contributed by atoms with van der Waals surface area (Å²) >= 11 is 0. The van der Waals surface area contributed by atoms with Gasteiger partial charge in [-0.15, -0.1) is 12.3 Å². The van der Waals surface area contributed by atoms with Crippen LogP contribution in [-0.2, 0) is 4.79 Å². The molecule has 86 valence electrons. The van der Waals surface area contributed by atoms with Crippen molar-refractivity contribution in [1.29, 1.82) is 0 Å². The minimum Gasteiger partial charge on any atom is -0.351 e. The second kappa shape index (κ2) is 8.31. The van der Waals surface area contributed by atoms with Crippen LogP contribution in [0.5, 0.6) is 0 Å². The number of hydrogen-bond donors (Lipinski definition) is 2. The molecule has 0 saturated carbocycles. The normalized spacial score (nSPS) is 14.0. The fourth-order valence-electron chi connectivity index (χ4n) is 1.30. The Morgan fingerprint density at radius 3 is 2.67 bits per heavy atom. The summed E-state index contributed by atoms with van der Waals surface area (Å²) in [6, 6.07) is -0.327. The summed E-state index contributed by atoms with van der Waals surface area (Å²) < 4.78 is 0. The van der Waals surface area contributed by atoms with E-state index in [9.17, 15) is 4.79 Å². The highest BCUT2D eigenvalue weighted by atomic mass is 16.2. The fourth-order valence-corrected chi connectivity index (χ4v) is 1.30. The number of nitrogens with two attached hydrogens (primary N) is 1. The third-order valence-electron chi connectivity index (χ3n) is 2.41. The highest BCUT2D eigenvalue weighted by Crippen LogP contribution is 2.01. The highest BCUT2D eigenvalue weighted by molar-refractivity contribution is 5.81. The molecule has 0 aliphatic rings. The second-order valence-corrected chi connectivity index (χ2v) is 3.77. The Balaban J connectivity index is 3.93. The van der Waals surface area contributed by atoms with E-state index < -0.39 is 6.04 Å². The van der Waals surface area contributed by atoms with E-state index in [1.165, 1.54) is 0 Å². The molecule has 0 saturated heterocycles. The minimum absolute atomic E-state index is 0.0650. The molecule has 3 N–H and O–H groups in total. The van der Waals surface area contributed by atoms with Gasteiger partial charge in [-0.05, 0) is 12.8 Å². The van der Waals surface area contributed by atoms with E-state index in [0.717, 1.165) is 25.7 Å². The molecule has 2 unspecified atom stereocenters. The van der Waals surface area contributed by atoms with Crippen LogP contribution in [0.25, 0.3) is 0 Å². The average molecular weight is 210 g/mol. The fraction of sp³-hybridized carbons (Fsp3) is 0.750. The van der Waals surface area contributed by atoms with E-state index >= 15 is 0 Å². The van der Waals surface area contributed by atoms with Gasteiger partial charge in [-0.3, -0.25) is 4.79 Å². The molecule has 15 heavy (non-hydrogen) atoms. The predicted octanol–water partition coefficient (Wildman–Crippen LogP) is 1.42. The first kappa shape index (κ1) is 14.0. The lowest BCUT2D eigenvalue weighted by molar-refractivity contribution is -0.123. The number of amides is 1. The second-order valence-electron chi connectivity index (χ2n) is 3.77. The van der Waals surface area contributed by atoms with E-state index in [4.69, 9.17) is 12.2 Å². The maximum Gasteiger partial charge on any atom is 0.237 e. The van der Waals surface area contributed by atoms with E-state index in [2.05, 4.69) is 18.2 Å². The van der Waals surface area contributed by atoms with Gasteiger partial charge >= 0.3 is 0 Å². The summed E-state index contributed by atoms with van der Waals surface area (Å²) in [4.78, 5) is 11.6. The minimum atomic E-state index is -0.392. The zero-order valence-corrected chi connectivity index (χ0v) is 9.75. The Labute approximate surface area is 92.8 Å². The summed E-state index contributed by atoms with van der Waals surface area (Å²) in [5.41, 5.74) is 5.74. The number of rotatable bonds is 7. The van der Waals surface area contributed by atoms with Crippen LogP contribution in [0.1, 0.15) is 46.0 Å². The molecule has 0 fully saturated rings. The van der Waals surface area contributed by atoms with Crippen molar-refractivity contribution in [1.82, 2.24) is 5.32 Å². The van der Waals surface area contributed by atoms with E-state index in [-0.39, 0.29) is 11.9 Å². The lowest BCUT2D eigenvalue weighted by Crippen LogP contribution is -2.45. The third kappa shape index (κ3) is 6.14. The maximum atomic E-state index is 11.6. The van der Waals surface area contributed by atoms with Crippen LogP contribution in [-0.4, -0.2) is 18.0 Å². The molecular weight excluding hydrogens is 188 g/mol. The van der Waals surface area contributed by atoms with Crippen LogP contribution in [0.15, 0.2) is 0 Å². The zero-order chi connectivity index (χ0) is 11.7. The molecule has 3 heteroatoms. The van der Waals surface area contributed by atoms with Gasteiger partial charge in [0.25, 0.3) is 0 Å². The predicted molar refractivity (Wildman–Crippen MR) is 63.2 cm³/mol. The van der Waals surface area contributed by atoms with Crippen LogP contribution in [0, 0.1) is 12.3 Å². The van der Waals surface area contributed by atoms with Crippen molar-refractivity contribution in [2.45, 2.75) is 58.0 Å². The number of terminal acetylenes is 1. The third-order valence-corrected chi connectivity index (χ3v) is 2.41. The average Bonchev–Trinajstić information content (AvgIpc) is 2.24.